The number of hydrogen-bond donors (Lipinski definition) is 2. The molecule has 178 valence electrons. The number of phenolic OH excluding ortho intramolecular Hbond substituents is 1. The number of rotatable bonds is 4. The summed E-state index contributed by atoms with van der Waals surface area (Å²) in [5, 5.41) is 21.2. The molecule has 1 fully saturated rings. The molecule has 0 aromatic heterocycles. The van der Waals surface area contributed by atoms with E-state index in [2.05, 4.69) is 0 Å². The van der Waals surface area contributed by atoms with Crippen LogP contribution in [0.25, 0.3) is 5.76 Å². The monoisotopic (exact) mass is 469 g/mol. The fourth-order valence-corrected chi connectivity index (χ4v) is 4.86. The molecule has 2 heterocycles. The van der Waals surface area contributed by atoms with Crippen LogP contribution in [0.1, 0.15) is 45.8 Å². The van der Waals surface area contributed by atoms with Gasteiger partial charge in [-0.25, -0.2) is 0 Å². The van der Waals surface area contributed by atoms with Crippen LogP contribution in [-0.4, -0.2) is 33.4 Å². The van der Waals surface area contributed by atoms with Gasteiger partial charge in [-0.2, -0.15) is 0 Å². The molecule has 2 N–H and O–H groups in total. The number of ether oxygens (including phenoxy) is 1. The van der Waals surface area contributed by atoms with E-state index in [0.717, 1.165) is 40.8 Å². The van der Waals surface area contributed by atoms with E-state index in [-0.39, 0.29) is 23.6 Å². The van der Waals surface area contributed by atoms with Crippen molar-refractivity contribution in [1.29, 1.82) is 0 Å². The molecule has 2 aliphatic heterocycles. The van der Waals surface area contributed by atoms with Crippen LogP contribution in [0.3, 0.4) is 0 Å². The Labute approximate surface area is 204 Å². The third-order valence-corrected chi connectivity index (χ3v) is 6.78. The number of benzene rings is 3. The van der Waals surface area contributed by atoms with Gasteiger partial charge in [0, 0.05) is 12.1 Å². The molecule has 1 amide bonds. The van der Waals surface area contributed by atoms with Crippen LogP contribution < -0.4 is 4.74 Å². The summed E-state index contributed by atoms with van der Waals surface area (Å²) in [6.07, 6.45) is 1.70. The molecule has 0 spiro atoms. The fraction of sp³-hybridized carbons (Fsp3) is 0.241. The first-order valence-corrected chi connectivity index (χ1v) is 11.7. The summed E-state index contributed by atoms with van der Waals surface area (Å²) >= 11 is 0. The van der Waals surface area contributed by atoms with Gasteiger partial charge in [-0.05, 0) is 79.3 Å². The van der Waals surface area contributed by atoms with Crippen LogP contribution in [0.4, 0.5) is 0 Å². The number of amides is 1. The van der Waals surface area contributed by atoms with E-state index < -0.39 is 17.7 Å². The van der Waals surface area contributed by atoms with Gasteiger partial charge in [-0.15, -0.1) is 0 Å². The SMILES string of the molecule is Cc1ccc(C)c(CN2C(=O)C(=O)/C(=C(\O)c3ccc4c(c3)CCCO4)C2c2ccc(O)cc2)c1. The summed E-state index contributed by atoms with van der Waals surface area (Å²) in [4.78, 5) is 28.1. The molecule has 0 aliphatic carbocycles. The Morgan fingerprint density at radius 1 is 1.03 bits per heavy atom. The number of aryl methyl sites for hydroxylation is 3. The first kappa shape index (κ1) is 22.7. The van der Waals surface area contributed by atoms with Gasteiger partial charge in [0.05, 0.1) is 18.2 Å². The minimum absolute atomic E-state index is 0.0441. The number of ketones is 1. The molecule has 3 aromatic rings. The van der Waals surface area contributed by atoms with Crippen LogP contribution in [0.2, 0.25) is 0 Å². The van der Waals surface area contributed by atoms with Crippen LogP contribution in [0.5, 0.6) is 11.5 Å². The lowest BCUT2D eigenvalue weighted by molar-refractivity contribution is -0.140. The molecule has 0 bridgehead atoms. The standard InChI is InChI=1S/C29H27NO5/c1-17-5-6-18(2)22(14-17)16-30-26(19-7-10-23(31)11-8-19)25(28(33)29(30)34)27(32)21-9-12-24-20(15-21)4-3-13-35-24/h5-12,14-15,26,31-32H,3-4,13,16H2,1-2H3/b27-25-. The number of hydrogen-bond acceptors (Lipinski definition) is 5. The van der Waals surface area contributed by atoms with Crippen molar-refractivity contribution in [2.45, 2.75) is 39.3 Å². The average molecular weight is 470 g/mol. The number of aliphatic hydroxyl groups excluding tert-OH is 1. The Morgan fingerprint density at radius 3 is 2.57 bits per heavy atom. The van der Waals surface area contributed by atoms with Crippen LogP contribution in [-0.2, 0) is 22.6 Å². The number of aliphatic hydroxyl groups is 1. The highest BCUT2D eigenvalue weighted by Crippen LogP contribution is 2.41. The summed E-state index contributed by atoms with van der Waals surface area (Å²) in [7, 11) is 0. The summed E-state index contributed by atoms with van der Waals surface area (Å²) in [5.74, 6) is -0.738. The van der Waals surface area contributed by atoms with Crippen molar-refractivity contribution >= 4 is 17.4 Å². The second kappa shape index (κ2) is 8.95. The largest absolute Gasteiger partial charge is 0.508 e. The molecule has 1 atom stereocenters. The number of nitrogens with zero attached hydrogens (tertiary/aromatic N) is 1. The minimum atomic E-state index is -0.789. The Balaban J connectivity index is 1.64. The van der Waals surface area contributed by atoms with Gasteiger partial charge in [0.2, 0.25) is 0 Å². The zero-order valence-electron chi connectivity index (χ0n) is 19.7. The van der Waals surface area contributed by atoms with Gasteiger partial charge in [-0.3, -0.25) is 9.59 Å². The normalized spacial score (nSPS) is 18.9. The summed E-state index contributed by atoms with van der Waals surface area (Å²) in [6, 6.07) is 16.9. The summed E-state index contributed by atoms with van der Waals surface area (Å²) in [5.41, 5.74) is 5.12. The van der Waals surface area contributed by atoms with Crippen molar-refractivity contribution in [2.75, 3.05) is 6.61 Å². The topological polar surface area (TPSA) is 87.1 Å². The number of carbonyl (C=O) groups is 2. The predicted molar refractivity (Wildman–Crippen MR) is 132 cm³/mol. The zero-order chi connectivity index (χ0) is 24.7. The maximum Gasteiger partial charge on any atom is 0.295 e. The van der Waals surface area contributed by atoms with E-state index in [1.807, 2.05) is 38.1 Å². The number of carbonyl (C=O) groups excluding carboxylic acids is 2. The van der Waals surface area contributed by atoms with Crippen molar-refractivity contribution in [3.05, 3.63) is 99.6 Å². The molecule has 0 saturated carbocycles. The molecule has 5 rings (SSSR count). The third-order valence-electron chi connectivity index (χ3n) is 6.78. The van der Waals surface area contributed by atoms with Crippen molar-refractivity contribution in [2.24, 2.45) is 0 Å². The summed E-state index contributed by atoms with van der Waals surface area (Å²) in [6.45, 7) is 4.82. The highest BCUT2D eigenvalue weighted by Gasteiger charge is 2.46. The van der Waals surface area contributed by atoms with Gasteiger partial charge < -0.3 is 19.8 Å². The van der Waals surface area contributed by atoms with Gasteiger partial charge in [0.15, 0.2) is 0 Å². The Kier molecular flexibility index (Phi) is 5.81. The Morgan fingerprint density at radius 2 is 1.80 bits per heavy atom. The second-order valence-electron chi connectivity index (χ2n) is 9.22. The highest BCUT2D eigenvalue weighted by molar-refractivity contribution is 6.46. The van der Waals surface area contributed by atoms with Gasteiger partial charge >= 0.3 is 0 Å². The van der Waals surface area contributed by atoms with Crippen LogP contribution in [0, 0.1) is 13.8 Å². The number of fused-ring (bicyclic) bond motifs is 1. The van der Waals surface area contributed by atoms with Crippen molar-refractivity contribution in [3.63, 3.8) is 0 Å². The minimum Gasteiger partial charge on any atom is -0.508 e. The van der Waals surface area contributed by atoms with Crippen LogP contribution in [0.15, 0.2) is 66.2 Å². The van der Waals surface area contributed by atoms with Crippen LogP contribution >= 0.6 is 0 Å². The molecular formula is C29H27NO5. The van der Waals surface area contributed by atoms with Crippen molar-refractivity contribution in [3.8, 4) is 11.5 Å². The molecule has 35 heavy (non-hydrogen) atoms. The van der Waals surface area contributed by atoms with Crippen molar-refractivity contribution < 1.29 is 24.5 Å². The van der Waals surface area contributed by atoms with E-state index in [9.17, 15) is 19.8 Å². The first-order chi connectivity index (χ1) is 16.8. The lowest BCUT2D eigenvalue weighted by Crippen LogP contribution is -2.29. The van der Waals surface area contributed by atoms with E-state index in [0.29, 0.717) is 17.7 Å². The molecule has 2 aliphatic rings. The second-order valence-corrected chi connectivity index (χ2v) is 9.22. The van der Waals surface area contributed by atoms with Gasteiger partial charge in [-0.1, -0.05) is 35.9 Å². The van der Waals surface area contributed by atoms with E-state index >= 15 is 0 Å². The molecule has 0 radical (unpaired) electrons. The molecule has 3 aromatic carbocycles. The quantitative estimate of drug-likeness (QED) is 0.321. The number of likely N-dealkylation sites (tertiary alicyclic amines) is 1. The lowest BCUT2D eigenvalue weighted by Gasteiger charge is -2.26. The van der Waals surface area contributed by atoms with Gasteiger partial charge in [0.1, 0.15) is 17.3 Å². The van der Waals surface area contributed by atoms with E-state index in [4.69, 9.17) is 4.74 Å². The smallest absolute Gasteiger partial charge is 0.295 e. The number of aromatic hydroxyl groups is 1. The molecule has 6 heteroatoms. The first-order valence-electron chi connectivity index (χ1n) is 11.7. The maximum atomic E-state index is 13.3. The molecule has 1 unspecified atom stereocenters. The van der Waals surface area contributed by atoms with E-state index in [1.54, 1.807) is 24.3 Å². The number of Topliss-reactive ketones (excluding diaryl/α,β-unsaturated/α-hetero) is 1. The fourth-order valence-electron chi connectivity index (χ4n) is 4.86. The average Bonchev–Trinajstić information content (AvgIpc) is 3.11. The molecule has 1 saturated heterocycles. The predicted octanol–water partition coefficient (Wildman–Crippen LogP) is 4.96. The zero-order valence-corrected chi connectivity index (χ0v) is 19.7. The highest BCUT2D eigenvalue weighted by atomic mass is 16.5. The Hall–Kier alpha value is -4.06. The summed E-state index contributed by atoms with van der Waals surface area (Å²) < 4.78 is 5.68. The van der Waals surface area contributed by atoms with E-state index in [1.165, 1.54) is 17.0 Å². The number of phenols is 1. The molecular weight excluding hydrogens is 442 g/mol. The molecule has 6 nitrogen and oxygen atoms in total. The third kappa shape index (κ3) is 4.16. The maximum absolute atomic E-state index is 13.3. The Bertz CT molecular complexity index is 1360. The van der Waals surface area contributed by atoms with Gasteiger partial charge in [0.25, 0.3) is 11.7 Å². The van der Waals surface area contributed by atoms with Crippen molar-refractivity contribution in [1.82, 2.24) is 4.90 Å². The lowest BCUT2D eigenvalue weighted by atomic mass is 9.93.